The van der Waals surface area contributed by atoms with Gasteiger partial charge in [0, 0.05) is 25.8 Å². The molecular weight excluding hydrogens is 232 g/mol. The molecule has 0 aliphatic heterocycles. The monoisotopic (exact) mass is 250 g/mol. The Bertz CT molecular complexity index is 452. The highest BCUT2D eigenvalue weighted by atomic mass is 16.5. The first-order valence-electron chi connectivity index (χ1n) is 6.31. The second-order valence-corrected chi connectivity index (χ2v) is 4.56. The zero-order valence-electron chi connectivity index (χ0n) is 10.3. The Morgan fingerprint density at radius 3 is 3.00 bits per heavy atom. The second kappa shape index (κ2) is 6.35. The predicted octanol–water partition coefficient (Wildman–Crippen LogP) is 0.921. The standard InChI is InChI=1S/C13H18N2O3/c16-12-4-1-3-11(15-12)13(17)14-7-2-8-18-9-10-5-6-10/h1,3-4,10H,2,5-9H2,(H,14,17)(H,15,16). The van der Waals surface area contributed by atoms with Crippen molar-refractivity contribution in [3.8, 4) is 0 Å². The third-order valence-electron chi connectivity index (χ3n) is 2.81. The van der Waals surface area contributed by atoms with Gasteiger partial charge in [0.05, 0.1) is 0 Å². The van der Waals surface area contributed by atoms with Crippen LogP contribution in [0.1, 0.15) is 29.8 Å². The summed E-state index contributed by atoms with van der Waals surface area (Å²) in [7, 11) is 0. The third-order valence-corrected chi connectivity index (χ3v) is 2.81. The molecule has 1 amide bonds. The first-order chi connectivity index (χ1) is 8.75. The minimum atomic E-state index is -0.268. The highest BCUT2D eigenvalue weighted by Gasteiger charge is 2.20. The SMILES string of the molecule is O=C(NCCCOCC1CC1)c1cccc(=O)[nH]1. The maximum absolute atomic E-state index is 11.6. The van der Waals surface area contributed by atoms with Gasteiger partial charge in [-0.2, -0.15) is 0 Å². The van der Waals surface area contributed by atoms with E-state index in [4.69, 9.17) is 4.74 Å². The number of aromatic amines is 1. The van der Waals surface area contributed by atoms with Crippen LogP contribution in [0.4, 0.5) is 0 Å². The largest absolute Gasteiger partial charge is 0.381 e. The van der Waals surface area contributed by atoms with Gasteiger partial charge in [-0.25, -0.2) is 0 Å². The molecule has 1 aromatic rings. The van der Waals surface area contributed by atoms with Gasteiger partial charge in [-0.3, -0.25) is 9.59 Å². The van der Waals surface area contributed by atoms with Crippen molar-refractivity contribution in [3.63, 3.8) is 0 Å². The first kappa shape index (κ1) is 12.8. The summed E-state index contributed by atoms with van der Waals surface area (Å²) >= 11 is 0. The molecule has 2 rings (SSSR count). The molecule has 0 unspecified atom stereocenters. The number of ether oxygens (including phenoxy) is 1. The molecule has 2 N–H and O–H groups in total. The molecule has 1 aliphatic carbocycles. The fourth-order valence-electron chi connectivity index (χ4n) is 1.59. The van der Waals surface area contributed by atoms with Crippen molar-refractivity contribution in [2.24, 2.45) is 5.92 Å². The summed E-state index contributed by atoms with van der Waals surface area (Å²) in [4.78, 5) is 25.1. The minimum Gasteiger partial charge on any atom is -0.381 e. The summed E-state index contributed by atoms with van der Waals surface area (Å²) in [5.41, 5.74) is 0.0248. The van der Waals surface area contributed by atoms with E-state index >= 15 is 0 Å². The number of nitrogens with one attached hydrogen (secondary N) is 2. The van der Waals surface area contributed by atoms with Gasteiger partial charge in [0.2, 0.25) is 5.56 Å². The van der Waals surface area contributed by atoms with E-state index in [1.807, 2.05) is 0 Å². The van der Waals surface area contributed by atoms with Crippen molar-refractivity contribution in [1.29, 1.82) is 0 Å². The maximum Gasteiger partial charge on any atom is 0.267 e. The number of hydrogen-bond donors (Lipinski definition) is 2. The number of pyridine rings is 1. The van der Waals surface area contributed by atoms with Crippen molar-refractivity contribution >= 4 is 5.91 Å². The Morgan fingerprint density at radius 2 is 2.28 bits per heavy atom. The third kappa shape index (κ3) is 4.33. The molecule has 5 nitrogen and oxygen atoms in total. The summed E-state index contributed by atoms with van der Waals surface area (Å²) in [6.07, 6.45) is 3.37. The van der Waals surface area contributed by atoms with Crippen LogP contribution in [0.5, 0.6) is 0 Å². The lowest BCUT2D eigenvalue weighted by molar-refractivity contribution is 0.0932. The lowest BCUT2D eigenvalue weighted by atomic mass is 10.3. The summed E-state index contributed by atoms with van der Waals surface area (Å²) in [5.74, 6) is 0.517. The predicted molar refractivity (Wildman–Crippen MR) is 67.6 cm³/mol. The molecular formula is C13H18N2O3. The fraction of sp³-hybridized carbons (Fsp3) is 0.538. The summed E-state index contributed by atoms with van der Waals surface area (Å²) < 4.78 is 5.46. The molecule has 0 radical (unpaired) electrons. The molecule has 0 atom stereocenters. The lowest BCUT2D eigenvalue weighted by Crippen LogP contribution is -2.27. The number of hydrogen-bond acceptors (Lipinski definition) is 3. The zero-order chi connectivity index (χ0) is 12.8. The summed E-state index contributed by atoms with van der Waals surface area (Å²) in [5, 5.41) is 2.74. The molecule has 5 heteroatoms. The Balaban J connectivity index is 1.60. The molecule has 0 aromatic carbocycles. The number of amides is 1. The van der Waals surface area contributed by atoms with E-state index < -0.39 is 0 Å². The Labute approximate surface area is 106 Å². The van der Waals surface area contributed by atoms with Crippen LogP contribution in [0, 0.1) is 5.92 Å². The van der Waals surface area contributed by atoms with Gasteiger partial charge in [-0.1, -0.05) is 6.07 Å². The van der Waals surface area contributed by atoms with Crippen LogP contribution in [-0.4, -0.2) is 30.6 Å². The van der Waals surface area contributed by atoms with Gasteiger partial charge in [0.25, 0.3) is 5.91 Å². The molecule has 18 heavy (non-hydrogen) atoms. The maximum atomic E-state index is 11.6. The number of carbonyl (C=O) groups excluding carboxylic acids is 1. The van der Waals surface area contributed by atoms with E-state index in [1.165, 1.54) is 18.9 Å². The van der Waals surface area contributed by atoms with Gasteiger partial charge in [-0.15, -0.1) is 0 Å². The lowest BCUT2D eigenvalue weighted by Gasteiger charge is -2.05. The minimum absolute atomic E-state index is 0.255. The van der Waals surface area contributed by atoms with Crippen molar-refractivity contribution in [2.75, 3.05) is 19.8 Å². The summed E-state index contributed by atoms with van der Waals surface area (Å²) in [6.45, 7) is 2.07. The van der Waals surface area contributed by atoms with Crippen LogP contribution < -0.4 is 10.9 Å². The highest BCUT2D eigenvalue weighted by Crippen LogP contribution is 2.28. The van der Waals surface area contributed by atoms with Crippen LogP contribution >= 0.6 is 0 Å². The van der Waals surface area contributed by atoms with E-state index in [2.05, 4.69) is 10.3 Å². The molecule has 1 aromatic heterocycles. The normalized spacial score (nSPS) is 14.4. The number of carbonyl (C=O) groups is 1. The first-order valence-corrected chi connectivity index (χ1v) is 6.31. The van der Waals surface area contributed by atoms with Crippen LogP contribution in [0.15, 0.2) is 23.0 Å². The molecule has 1 heterocycles. The van der Waals surface area contributed by atoms with Crippen molar-refractivity contribution in [3.05, 3.63) is 34.2 Å². The van der Waals surface area contributed by atoms with Gasteiger partial charge in [-0.05, 0) is 31.2 Å². The second-order valence-electron chi connectivity index (χ2n) is 4.56. The molecule has 98 valence electrons. The van der Waals surface area contributed by atoms with Gasteiger partial charge < -0.3 is 15.0 Å². The highest BCUT2D eigenvalue weighted by molar-refractivity contribution is 5.92. The van der Waals surface area contributed by atoms with Crippen molar-refractivity contribution < 1.29 is 9.53 Å². The molecule has 1 aliphatic rings. The Morgan fingerprint density at radius 1 is 1.44 bits per heavy atom. The van der Waals surface area contributed by atoms with E-state index in [-0.39, 0.29) is 11.5 Å². The van der Waals surface area contributed by atoms with Gasteiger partial charge in [0.1, 0.15) is 5.69 Å². The van der Waals surface area contributed by atoms with E-state index in [0.717, 1.165) is 18.9 Å². The quantitative estimate of drug-likeness (QED) is 0.707. The van der Waals surface area contributed by atoms with Crippen molar-refractivity contribution in [1.82, 2.24) is 10.3 Å². The molecule has 0 bridgehead atoms. The molecule has 1 saturated carbocycles. The fourth-order valence-corrected chi connectivity index (χ4v) is 1.59. The molecule has 1 fully saturated rings. The zero-order valence-corrected chi connectivity index (χ0v) is 10.3. The van der Waals surface area contributed by atoms with Crippen LogP contribution in [0.3, 0.4) is 0 Å². The Kier molecular flexibility index (Phi) is 4.52. The van der Waals surface area contributed by atoms with Crippen LogP contribution in [-0.2, 0) is 4.74 Å². The topological polar surface area (TPSA) is 71.2 Å². The molecule has 0 spiro atoms. The summed E-state index contributed by atoms with van der Waals surface area (Å²) in [6, 6.07) is 4.52. The van der Waals surface area contributed by atoms with Crippen LogP contribution in [0.2, 0.25) is 0 Å². The van der Waals surface area contributed by atoms with Crippen LogP contribution in [0.25, 0.3) is 0 Å². The number of H-pyrrole nitrogens is 1. The van der Waals surface area contributed by atoms with Gasteiger partial charge in [0.15, 0.2) is 0 Å². The molecule has 0 saturated heterocycles. The smallest absolute Gasteiger partial charge is 0.267 e. The number of aromatic nitrogens is 1. The number of rotatable bonds is 7. The van der Waals surface area contributed by atoms with E-state index in [9.17, 15) is 9.59 Å². The van der Waals surface area contributed by atoms with Crippen molar-refractivity contribution in [2.45, 2.75) is 19.3 Å². The van der Waals surface area contributed by atoms with Gasteiger partial charge >= 0.3 is 0 Å². The average Bonchev–Trinajstić information content (AvgIpc) is 3.17. The van der Waals surface area contributed by atoms with E-state index in [0.29, 0.717) is 18.8 Å². The Hall–Kier alpha value is -1.62. The van der Waals surface area contributed by atoms with E-state index in [1.54, 1.807) is 12.1 Å². The average molecular weight is 250 g/mol.